The molecule has 0 aliphatic rings. The van der Waals surface area contributed by atoms with E-state index < -0.39 is 12.2 Å². The molecule has 0 rings (SSSR count). The predicted molar refractivity (Wildman–Crippen MR) is 181 cm³/mol. The van der Waals surface area contributed by atoms with Crippen LogP contribution >= 0.6 is 0 Å². The van der Waals surface area contributed by atoms with Gasteiger partial charge in [0.25, 0.3) is 0 Å². The van der Waals surface area contributed by atoms with Crippen LogP contribution in [0, 0.1) is 0 Å². The van der Waals surface area contributed by atoms with Gasteiger partial charge in [-0.1, -0.05) is 51.2 Å². The molecule has 0 amide bonds. The van der Waals surface area contributed by atoms with Crippen molar-refractivity contribution in [1.29, 1.82) is 0 Å². The van der Waals surface area contributed by atoms with Gasteiger partial charge in [0, 0.05) is 19.8 Å². The molecule has 0 fully saturated rings. The maximum atomic E-state index is 9.96. The average Bonchev–Trinajstić information content (AvgIpc) is 3.01. The molecular weight excluding hydrogens is 580 g/mol. The van der Waals surface area contributed by atoms with Gasteiger partial charge in [0.15, 0.2) is 0 Å². The van der Waals surface area contributed by atoms with Crippen molar-refractivity contribution in [1.82, 2.24) is 0 Å². The highest BCUT2D eigenvalue weighted by molar-refractivity contribution is 4.87. The molecule has 0 aliphatic heterocycles. The van der Waals surface area contributed by atoms with Gasteiger partial charge in [-0.05, 0) is 46.0 Å². The maximum absolute atomic E-state index is 9.96. The summed E-state index contributed by atoms with van der Waals surface area (Å²) in [6, 6.07) is 0. The maximum Gasteiger partial charge on any atom is 0.104 e. The summed E-state index contributed by atoms with van der Waals surface area (Å²) >= 11 is 0. The zero-order valence-electron chi connectivity index (χ0n) is 29.6. The fourth-order valence-electron chi connectivity index (χ4n) is 3.25. The van der Waals surface area contributed by atoms with Crippen LogP contribution in [0.3, 0.4) is 0 Å². The third-order valence-corrected chi connectivity index (χ3v) is 6.08. The van der Waals surface area contributed by atoms with Gasteiger partial charge in [-0.15, -0.1) is 13.2 Å². The molecule has 3 unspecified atom stereocenters. The van der Waals surface area contributed by atoms with E-state index >= 15 is 0 Å². The second kappa shape index (κ2) is 37.5. The Balaban J connectivity index is 0. The first-order chi connectivity index (χ1) is 21.8. The Kier molecular flexibility index (Phi) is 38.5. The highest BCUT2D eigenvalue weighted by atomic mass is 16.6. The van der Waals surface area contributed by atoms with Crippen molar-refractivity contribution in [2.45, 2.75) is 104 Å². The lowest BCUT2D eigenvalue weighted by molar-refractivity contribution is -0.0964. The Morgan fingerprint density at radius 2 is 0.800 bits per heavy atom. The van der Waals surface area contributed by atoms with E-state index in [1.54, 1.807) is 0 Å². The van der Waals surface area contributed by atoms with Crippen molar-refractivity contribution >= 4 is 0 Å². The zero-order valence-corrected chi connectivity index (χ0v) is 29.6. The van der Waals surface area contributed by atoms with Gasteiger partial charge in [-0.3, -0.25) is 0 Å². The van der Waals surface area contributed by atoms with Gasteiger partial charge in [0.05, 0.1) is 79.3 Å². The molecule has 10 heteroatoms. The number of unbranched alkanes of at least 4 members (excludes halogenated alkanes) is 3. The van der Waals surface area contributed by atoms with Crippen molar-refractivity contribution in [2.75, 3.05) is 99.1 Å². The molecule has 0 aromatic carbocycles. The highest BCUT2D eigenvalue weighted by Crippen LogP contribution is 2.01. The van der Waals surface area contributed by atoms with Crippen molar-refractivity contribution < 1.29 is 48.1 Å². The van der Waals surface area contributed by atoms with Crippen molar-refractivity contribution in [2.24, 2.45) is 0 Å². The van der Waals surface area contributed by atoms with Gasteiger partial charge < -0.3 is 48.1 Å². The first-order valence-corrected chi connectivity index (χ1v) is 17.1. The molecule has 2 N–H and O–H groups in total. The second-order valence-corrected chi connectivity index (χ2v) is 11.3. The topological polar surface area (TPSA) is 114 Å². The summed E-state index contributed by atoms with van der Waals surface area (Å²) in [6.07, 6.45) is 6.71. The van der Waals surface area contributed by atoms with Crippen LogP contribution in [0.5, 0.6) is 0 Å². The number of hydrogen-bond acceptors (Lipinski definition) is 10. The largest absolute Gasteiger partial charge is 0.388 e. The molecule has 0 heterocycles. The van der Waals surface area contributed by atoms with Crippen LogP contribution in [-0.2, 0) is 37.9 Å². The van der Waals surface area contributed by atoms with Crippen LogP contribution in [0.1, 0.15) is 86.0 Å². The summed E-state index contributed by atoms with van der Waals surface area (Å²) in [5.41, 5.74) is 2.24. The van der Waals surface area contributed by atoms with Crippen LogP contribution in [0.2, 0.25) is 0 Å². The molecule has 0 saturated heterocycles. The Labute approximate surface area is 275 Å². The fraction of sp³-hybridized carbons (Fsp3) is 0.886. The van der Waals surface area contributed by atoms with Crippen LogP contribution in [0.15, 0.2) is 24.3 Å². The first kappa shape index (κ1) is 46.2. The van der Waals surface area contributed by atoms with Gasteiger partial charge in [-0.2, -0.15) is 0 Å². The number of rotatable bonds is 34. The van der Waals surface area contributed by atoms with Crippen molar-refractivity contribution in [3.63, 3.8) is 0 Å². The molecular formula is C35H70O10. The molecule has 45 heavy (non-hydrogen) atoms. The number of hydrogen-bond donors (Lipinski definition) is 2. The van der Waals surface area contributed by atoms with Gasteiger partial charge >= 0.3 is 0 Å². The minimum Gasteiger partial charge on any atom is -0.388 e. The number of aliphatic hydroxyl groups is 2. The van der Waals surface area contributed by atoms with Gasteiger partial charge in [0.1, 0.15) is 18.3 Å². The summed E-state index contributed by atoms with van der Waals surface area (Å²) in [7, 11) is 0. The first-order valence-electron chi connectivity index (χ1n) is 17.1. The van der Waals surface area contributed by atoms with Crippen LogP contribution in [0.4, 0.5) is 0 Å². The lowest BCUT2D eigenvalue weighted by atomic mass is 10.3. The molecule has 0 spiro atoms. The van der Waals surface area contributed by atoms with Crippen LogP contribution in [-0.4, -0.2) is 128 Å². The molecule has 3 atom stereocenters. The minimum absolute atomic E-state index is 0.206. The SMILES string of the molecule is C=C(C)CCOCCOCC(COCCCC)OCC(O)COCCCC.C=C(C)CCOCCOCC(O)COCCCC. The number of ether oxygens (including phenoxy) is 8. The Bertz CT molecular complexity index is 619. The van der Waals surface area contributed by atoms with E-state index in [-0.39, 0.29) is 12.7 Å². The van der Waals surface area contributed by atoms with E-state index in [1.807, 2.05) is 13.8 Å². The monoisotopic (exact) mass is 650 g/mol. The summed E-state index contributed by atoms with van der Waals surface area (Å²) < 4.78 is 43.9. The molecule has 10 nitrogen and oxygen atoms in total. The predicted octanol–water partition coefficient (Wildman–Crippen LogP) is 5.53. The van der Waals surface area contributed by atoms with Crippen LogP contribution in [0.25, 0.3) is 0 Å². The Morgan fingerprint density at radius 3 is 1.20 bits per heavy atom. The zero-order chi connectivity index (χ0) is 33.8. The van der Waals surface area contributed by atoms with Gasteiger partial charge in [0.2, 0.25) is 0 Å². The van der Waals surface area contributed by atoms with E-state index in [1.165, 1.54) is 0 Å². The molecule has 0 aliphatic carbocycles. The molecule has 0 saturated carbocycles. The highest BCUT2D eigenvalue weighted by Gasteiger charge is 2.14. The summed E-state index contributed by atoms with van der Waals surface area (Å²) in [4.78, 5) is 0. The smallest absolute Gasteiger partial charge is 0.104 e. The Morgan fingerprint density at radius 1 is 0.467 bits per heavy atom. The molecule has 0 bridgehead atoms. The van der Waals surface area contributed by atoms with E-state index in [0.29, 0.717) is 92.5 Å². The Hall–Kier alpha value is -0.920. The molecule has 0 aromatic heterocycles. The van der Waals surface area contributed by atoms with E-state index in [9.17, 15) is 10.2 Å². The van der Waals surface area contributed by atoms with E-state index in [2.05, 4.69) is 33.9 Å². The van der Waals surface area contributed by atoms with Crippen molar-refractivity contribution in [3.8, 4) is 0 Å². The van der Waals surface area contributed by atoms with E-state index in [0.717, 1.165) is 62.5 Å². The third kappa shape index (κ3) is 41.1. The van der Waals surface area contributed by atoms with Gasteiger partial charge in [-0.25, -0.2) is 0 Å². The fourth-order valence-corrected chi connectivity index (χ4v) is 3.25. The summed E-state index contributed by atoms with van der Waals surface area (Å²) in [5, 5.41) is 19.5. The summed E-state index contributed by atoms with van der Waals surface area (Å²) in [6.45, 7) is 25.5. The molecule has 270 valence electrons. The third-order valence-electron chi connectivity index (χ3n) is 6.08. The van der Waals surface area contributed by atoms with Crippen molar-refractivity contribution in [3.05, 3.63) is 24.3 Å². The standard InChI is InChI=1S/C21H42O6.C14H28O4/c1-5-7-10-24-15-20(22)16-27-21(17-25-11-8-6-2)18-26-14-13-23-12-9-19(3)4;1-4-5-7-17-11-14(15)12-18-10-9-16-8-6-13(2)3/h20-22H,3,5-18H2,1-2,4H3;14-15H,2,4-12H2,1,3H3. The molecule has 0 aromatic rings. The minimum atomic E-state index is -0.634. The lowest BCUT2D eigenvalue weighted by Gasteiger charge is -2.20. The van der Waals surface area contributed by atoms with Crippen LogP contribution < -0.4 is 0 Å². The lowest BCUT2D eigenvalue weighted by Crippen LogP contribution is -2.32. The second-order valence-electron chi connectivity index (χ2n) is 11.3. The quantitative estimate of drug-likeness (QED) is 0.0681. The normalized spacial score (nSPS) is 13.2. The number of aliphatic hydroxyl groups excluding tert-OH is 2. The molecule has 0 radical (unpaired) electrons. The summed E-state index contributed by atoms with van der Waals surface area (Å²) in [5.74, 6) is 0. The van der Waals surface area contributed by atoms with E-state index in [4.69, 9.17) is 37.9 Å². The average molecular weight is 651 g/mol.